The minimum absolute atomic E-state index is 0.0107. The highest BCUT2D eigenvalue weighted by atomic mass is 15.2. The number of aryl methyl sites for hydroxylation is 6. The van der Waals surface area contributed by atoms with Gasteiger partial charge in [0.15, 0.2) is 0 Å². The molecule has 0 fully saturated rings. The third-order valence-corrected chi connectivity index (χ3v) is 18.0. The van der Waals surface area contributed by atoms with Gasteiger partial charge in [-0.25, -0.2) is 0 Å². The van der Waals surface area contributed by atoms with Crippen LogP contribution in [0.25, 0.3) is 54.6 Å². The van der Waals surface area contributed by atoms with E-state index in [1.165, 1.54) is 166 Å². The summed E-state index contributed by atoms with van der Waals surface area (Å²) in [7, 11) is 0. The van der Waals surface area contributed by atoms with Crippen molar-refractivity contribution in [2.75, 3.05) is 9.80 Å². The Kier molecular flexibility index (Phi) is 11.8. The van der Waals surface area contributed by atoms with Gasteiger partial charge in [-0.1, -0.05) is 254 Å². The summed E-state index contributed by atoms with van der Waals surface area (Å²) in [5.41, 5.74) is 31.3. The molecule has 0 aromatic heterocycles. The second kappa shape index (κ2) is 19.1. The van der Waals surface area contributed by atoms with Crippen LogP contribution in [0.15, 0.2) is 206 Å². The Bertz CT molecular complexity index is 4130. The summed E-state index contributed by atoms with van der Waals surface area (Å²) in [5.74, 6) is 0.379. The fraction of sp³-hybridized carbons (Fsp3) is 0.158. The minimum atomic E-state index is -0.0107. The molecule has 12 aromatic rings. The first kappa shape index (κ1) is 49.7. The molecule has 0 atom stereocenters. The van der Waals surface area contributed by atoms with Crippen molar-refractivity contribution in [1.82, 2.24) is 0 Å². The number of hydrogen-bond acceptors (Lipinski definition) is 2. The van der Waals surface area contributed by atoms with E-state index in [4.69, 9.17) is 0 Å². The molecule has 14 rings (SSSR count). The molecule has 2 aliphatic rings. The molecule has 0 amide bonds. The van der Waals surface area contributed by atoms with Crippen LogP contribution in [-0.4, -0.2) is 13.4 Å². The molecule has 0 saturated heterocycles. The number of rotatable bonds is 8. The predicted molar refractivity (Wildman–Crippen MR) is 349 cm³/mol. The van der Waals surface area contributed by atoms with Crippen LogP contribution in [0.3, 0.4) is 0 Å². The molecule has 0 saturated carbocycles. The van der Waals surface area contributed by atoms with Crippen LogP contribution in [-0.2, 0) is 0 Å². The van der Waals surface area contributed by atoms with Crippen LogP contribution in [0.1, 0.15) is 84.0 Å². The van der Waals surface area contributed by atoms with Crippen LogP contribution in [0.5, 0.6) is 0 Å². The molecular weight excluding hydrogens is 962 g/mol. The standard InChI is InChI=1S/C76H66B2N2/c1-45(2)67-57-37-39-60-70-58(68(46(3)4)74-76(60)80(64-34-22-18-30-56(64)54-27-15-12-16-28-54)66-36-24-20-32-62(66)78(74)72-51(9)43-48(6)44-52(72)10)38-40-59(69(57)70)75-73(67)77(71-49(7)41-47(5)42-50(71)8)61-31-19-23-35-65(61)79(75)63-33-21-17-29-55(63)53-25-13-11-14-26-53/h11-46H,1-10H3. The van der Waals surface area contributed by atoms with E-state index in [0.717, 1.165) is 0 Å². The summed E-state index contributed by atoms with van der Waals surface area (Å²) in [6, 6.07) is 78.7. The molecule has 0 bridgehead atoms. The van der Waals surface area contributed by atoms with E-state index in [0.29, 0.717) is 0 Å². The molecule has 0 N–H and O–H groups in total. The maximum Gasteiger partial charge on any atom is 0.247 e. The van der Waals surface area contributed by atoms with Gasteiger partial charge in [0.05, 0.1) is 11.4 Å². The van der Waals surface area contributed by atoms with E-state index in [2.05, 4.69) is 285 Å². The Morgan fingerprint density at radius 3 is 0.988 bits per heavy atom. The second-order valence-corrected chi connectivity index (χ2v) is 23.8. The van der Waals surface area contributed by atoms with Crippen molar-refractivity contribution in [1.29, 1.82) is 0 Å². The van der Waals surface area contributed by atoms with Crippen LogP contribution in [0.2, 0.25) is 0 Å². The first-order valence-corrected chi connectivity index (χ1v) is 29.0. The predicted octanol–water partition coefficient (Wildman–Crippen LogP) is 16.6. The van der Waals surface area contributed by atoms with E-state index in [1.54, 1.807) is 0 Å². The molecule has 2 nitrogen and oxygen atoms in total. The summed E-state index contributed by atoms with van der Waals surface area (Å²) in [6.45, 7) is 23.6. The van der Waals surface area contributed by atoms with Gasteiger partial charge in [-0.15, -0.1) is 0 Å². The third-order valence-electron chi connectivity index (χ3n) is 18.0. The number of fused-ring (bicyclic) bond motifs is 6. The molecule has 4 heteroatoms. The molecule has 2 aliphatic heterocycles. The van der Waals surface area contributed by atoms with E-state index >= 15 is 0 Å². The van der Waals surface area contributed by atoms with Gasteiger partial charge in [0.2, 0.25) is 13.4 Å². The topological polar surface area (TPSA) is 6.48 Å². The van der Waals surface area contributed by atoms with Crippen molar-refractivity contribution in [3.63, 3.8) is 0 Å². The first-order chi connectivity index (χ1) is 38.9. The van der Waals surface area contributed by atoms with Crippen LogP contribution in [0.4, 0.5) is 34.1 Å². The molecule has 0 radical (unpaired) electrons. The largest absolute Gasteiger partial charge is 0.310 e. The Morgan fingerprint density at radius 1 is 0.312 bits per heavy atom. The van der Waals surface area contributed by atoms with Crippen molar-refractivity contribution in [2.24, 2.45) is 0 Å². The number of para-hydroxylation sites is 4. The van der Waals surface area contributed by atoms with Crippen molar-refractivity contribution >= 4 is 113 Å². The Balaban J connectivity index is 1.20. The van der Waals surface area contributed by atoms with Crippen molar-refractivity contribution in [3.05, 3.63) is 251 Å². The van der Waals surface area contributed by atoms with Crippen molar-refractivity contribution in [3.8, 4) is 22.3 Å². The lowest BCUT2D eigenvalue weighted by Gasteiger charge is -2.43. The molecule has 2 heterocycles. The summed E-state index contributed by atoms with van der Waals surface area (Å²) in [4.78, 5) is 5.35. The fourth-order valence-corrected chi connectivity index (χ4v) is 15.4. The van der Waals surface area contributed by atoms with Gasteiger partial charge in [0.25, 0.3) is 0 Å². The summed E-state index contributed by atoms with van der Waals surface area (Å²) >= 11 is 0. The first-order valence-electron chi connectivity index (χ1n) is 29.0. The highest BCUT2D eigenvalue weighted by Gasteiger charge is 2.44. The Labute approximate surface area is 473 Å². The zero-order valence-electron chi connectivity index (χ0n) is 47.8. The van der Waals surface area contributed by atoms with E-state index < -0.39 is 0 Å². The monoisotopic (exact) mass is 1030 g/mol. The lowest BCUT2D eigenvalue weighted by Crippen LogP contribution is -2.60. The van der Waals surface area contributed by atoms with E-state index in [-0.39, 0.29) is 25.3 Å². The lowest BCUT2D eigenvalue weighted by atomic mass is 9.32. The van der Waals surface area contributed by atoms with E-state index in [9.17, 15) is 0 Å². The average Bonchev–Trinajstić information content (AvgIpc) is 3.62. The SMILES string of the molecule is Cc1cc(C)c(B2c3ccccc3N(c3ccccc3-c3ccccc3)c3c2c(C(C)C)c2ccc4c5c(c(C(C)C)c6ccc3c2c64)B(c2c(C)cc(C)cc2C)c2ccccc2N5c2ccccc2-c2ccccc2)c(C)c1. The zero-order chi connectivity index (χ0) is 54.8. The van der Waals surface area contributed by atoms with Gasteiger partial charge < -0.3 is 9.80 Å². The van der Waals surface area contributed by atoms with Gasteiger partial charge in [-0.2, -0.15) is 0 Å². The van der Waals surface area contributed by atoms with Crippen LogP contribution < -0.4 is 42.6 Å². The Morgan fingerprint density at radius 2 is 0.625 bits per heavy atom. The van der Waals surface area contributed by atoms with Gasteiger partial charge in [-0.05, 0) is 143 Å². The highest BCUT2D eigenvalue weighted by Crippen LogP contribution is 2.53. The van der Waals surface area contributed by atoms with Gasteiger partial charge >= 0.3 is 0 Å². The normalized spacial score (nSPS) is 13.0. The summed E-state index contributed by atoms with van der Waals surface area (Å²) in [5, 5.41) is 7.95. The highest BCUT2D eigenvalue weighted by molar-refractivity contribution is 7.00. The Hall–Kier alpha value is -8.59. The number of nitrogens with zero attached hydrogens (tertiary/aromatic N) is 2. The number of anilines is 6. The van der Waals surface area contributed by atoms with Crippen molar-refractivity contribution in [2.45, 2.75) is 81.1 Å². The van der Waals surface area contributed by atoms with Crippen molar-refractivity contribution < 1.29 is 0 Å². The van der Waals surface area contributed by atoms with Crippen LogP contribution in [0, 0.1) is 41.5 Å². The van der Waals surface area contributed by atoms with Gasteiger partial charge in [-0.3, -0.25) is 0 Å². The third kappa shape index (κ3) is 7.41. The quantitative estimate of drug-likeness (QED) is 0.111. The molecule has 0 spiro atoms. The van der Waals surface area contributed by atoms with Gasteiger partial charge in [0.1, 0.15) is 0 Å². The van der Waals surface area contributed by atoms with Crippen LogP contribution >= 0.6 is 0 Å². The number of hydrogen-bond donors (Lipinski definition) is 0. The molecule has 0 aliphatic carbocycles. The van der Waals surface area contributed by atoms with Gasteiger partial charge in [0, 0.05) is 44.6 Å². The zero-order valence-corrected chi connectivity index (χ0v) is 47.8. The smallest absolute Gasteiger partial charge is 0.247 e. The average molecular weight is 1030 g/mol. The maximum atomic E-state index is 2.68. The molecule has 0 unspecified atom stereocenters. The molecular formula is C76H66B2N2. The fourth-order valence-electron chi connectivity index (χ4n) is 15.4. The van der Waals surface area contributed by atoms with E-state index in [1.807, 2.05) is 0 Å². The molecule has 386 valence electrons. The summed E-state index contributed by atoms with van der Waals surface area (Å²) in [6.07, 6.45) is 0. The summed E-state index contributed by atoms with van der Waals surface area (Å²) < 4.78 is 0. The molecule has 12 aromatic carbocycles. The number of benzene rings is 12. The molecule has 80 heavy (non-hydrogen) atoms. The minimum Gasteiger partial charge on any atom is -0.310 e. The second-order valence-electron chi connectivity index (χ2n) is 23.8. The lowest BCUT2D eigenvalue weighted by molar-refractivity contribution is 0.881. The maximum absolute atomic E-state index is 2.68.